The van der Waals surface area contributed by atoms with Gasteiger partial charge in [-0.3, -0.25) is 4.79 Å². The van der Waals surface area contributed by atoms with Crippen LogP contribution in [0.3, 0.4) is 0 Å². The van der Waals surface area contributed by atoms with Gasteiger partial charge in [0.15, 0.2) is 0 Å². The number of anilines is 1. The van der Waals surface area contributed by atoms with E-state index in [1.54, 1.807) is 24.4 Å². The van der Waals surface area contributed by atoms with Crippen LogP contribution >= 0.6 is 0 Å². The van der Waals surface area contributed by atoms with Crippen molar-refractivity contribution in [2.75, 3.05) is 5.32 Å². The van der Waals surface area contributed by atoms with Crippen LogP contribution in [0, 0.1) is 5.82 Å². The number of carbonyl (C=O) groups is 1. The lowest BCUT2D eigenvalue weighted by molar-refractivity contribution is -0.111. The predicted molar refractivity (Wildman–Crippen MR) is 113 cm³/mol. The van der Waals surface area contributed by atoms with Crippen LogP contribution in [0.2, 0.25) is 0 Å². The first kappa shape index (κ1) is 20.1. The summed E-state index contributed by atoms with van der Waals surface area (Å²) >= 11 is 0. The highest BCUT2D eigenvalue weighted by Crippen LogP contribution is 2.22. The summed E-state index contributed by atoms with van der Waals surface area (Å²) < 4.78 is 18.3. The molecule has 1 amide bonds. The van der Waals surface area contributed by atoms with Crippen LogP contribution in [0.1, 0.15) is 17.0 Å². The second kappa shape index (κ2) is 9.53. The first-order valence-corrected chi connectivity index (χ1v) is 9.56. The number of aryl methyl sites for hydroxylation is 2. The van der Waals surface area contributed by atoms with Crippen LogP contribution in [0.15, 0.2) is 77.9 Å². The molecule has 2 aromatic heterocycles. The Balaban J connectivity index is 1.38. The van der Waals surface area contributed by atoms with E-state index in [0.717, 1.165) is 17.5 Å². The van der Waals surface area contributed by atoms with Crippen LogP contribution in [0.4, 0.5) is 10.1 Å². The quantitative estimate of drug-likeness (QED) is 0.457. The molecular formula is C23H18FN5O2. The summed E-state index contributed by atoms with van der Waals surface area (Å²) in [4.78, 5) is 20.6. The van der Waals surface area contributed by atoms with Crippen molar-refractivity contribution in [3.05, 3.63) is 96.4 Å². The molecule has 0 spiro atoms. The molecule has 4 aromatic rings. The van der Waals surface area contributed by atoms with E-state index in [9.17, 15) is 9.18 Å². The Morgan fingerprint density at radius 1 is 1.06 bits per heavy atom. The van der Waals surface area contributed by atoms with Gasteiger partial charge in [-0.1, -0.05) is 12.1 Å². The number of rotatable bonds is 7. The molecule has 0 atom stereocenters. The minimum Gasteiger partial charge on any atom is -0.428 e. The maximum Gasteiger partial charge on any atom is 0.248 e. The molecule has 2 aromatic carbocycles. The Morgan fingerprint density at radius 2 is 1.87 bits per heavy atom. The summed E-state index contributed by atoms with van der Waals surface area (Å²) in [5, 5.41) is 10.3. The topological polar surface area (TPSA) is 93.8 Å². The van der Waals surface area contributed by atoms with E-state index in [4.69, 9.17) is 4.42 Å². The summed E-state index contributed by atoms with van der Waals surface area (Å²) in [6.45, 7) is 0. The molecule has 8 heteroatoms. The number of nitrogens with one attached hydrogen (secondary N) is 1. The summed E-state index contributed by atoms with van der Waals surface area (Å²) in [6.07, 6.45) is 8.79. The number of aromatic nitrogens is 4. The number of benzene rings is 2. The van der Waals surface area contributed by atoms with Crippen molar-refractivity contribution >= 4 is 17.7 Å². The van der Waals surface area contributed by atoms with Crippen LogP contribution in [0.5, 0.6) is 0 Å². The number of hydrogen-bond acceptors (Lipinski definition) is 6. The van der Waals surface area contributed by atoms with E-state index in [2.05, 4.69) is 25.5 Å². The maximum atomic E-state index is 13.2. The van der Waals surface area contributed by atoms with Crippen LogP contribution in [-0.4, -0.2) is 26.1 Å². The summed E-state index contributed by atoms with van der Waals surface area (Å²) in [5.41, 5.74) is 3.78. The van der Waals surface area contributed by atoms with Gasteiger partial charge in [0.2, 0.25) is 18.2 Å². The minimum atomic E-state index is -0.324. The van der Waals surface area contributed by atoms with Crippen LogP contribution in [0.25, 0.3) is 17.3 Å². The lowest BCUT2D eigenvalue weighted by Crippen LogP contribution is -2.07. The smallest absolute Gasteiger partial charge is 0.248 e. The SMILES string of the molecule is O=C(/C=C/c1cncnc1-c1ccc(F)cc1)Nc1ccc(CCc2nnco2)cc1. The minimum absolute atomic E-state index is 0.285. The van der Waals surface area contributed by atoms with Gasteiger partial charge in [-0.25, -0.2) is 14.4 Å². The standard InChI is InChI=1S/C23H18FN5O2/c24-19-7-4-17(5-8-19)23-18(13-25-14-26-23)6-11-21(30)28-20-9-1-16(2-10-20)3-12-22-29-27-15-31-22/h1-2,4-11,13-15H,3,12H2,(H,28,30)/b11-6+. The third-order valence-electron chi connectivity index (χ3n) is 4.53. The second-order valence-electron chi connectivity index (χ2n) is 6.69. The largest absolute Gasteiger partial charge is 0.428 e. The number of nitrogens with zero attached hydrogens (tertiary/aromatic N) is 4. The van der Waals surface area contributed by atoms with Gasteiger partial charge in [0.25, 0.3) is 0 Å². The monoisotopic (exact) mass is 415 g/mol. The number of hydrogen-bond donors (Lipinski definition) is 1. The predicted octanol–water partition coefficient (Wildman–Crippen LogP) is 4.10. The number of carbonyl (C=O) groups excluding carboxylic acids is 1. The zero-order valence-electron chi connectivity index (χ0n) is 16.4. The second-order valence-corrected chi connectivity index (χ2v) is 6.69. The molecule has 0 saturated heterocycles. The van der Waals surface area contributed by atoms with Gasteiger partial charge in [-0.15, -0.1) is 10.2 Å². The highest BCUT2D eigenvalue weighted by Gasteiger charge is 2.06. The molecule has 0 aliphatic rings. The third kappa shape index (κ3) is 5.45. The average molecular weight is 415 g/mol. The van der Waals surface area contributed by atoms with E-state index < -0.39 is 0 Å². The van der Waals surface area contributed by atoms with Crippen molar-refractivity contribution in [1.82, 2.24) is 20.2 Å². The number of halogens is 1. The van der Waals surface area contributed by atoms with Crippen molar-refractivity contribution in [3.63, 3.8) is 0 Å². The Bertz CT molecular complexity index is 1170. The van der Waals surface area contributed by atoms with E-state index in [-0.39, 0.29) is 11.7 Å². The first-order chi connectivity index (χ1) is 15.2. The summed E-state index contributed by atoms with van der Waals surface area (Å²) in [6, 6.07) is 13.5. The molecule has 0 bridgehead atoms. The van der Waals surface area contributed by atoms with E-state index in [0.29, 0.717) is 29.3 Å². The molecule has 0 radical (unpaired) electrons. The van der Waals surface area contributed by atoms with Crippen molar-refractivity contribution in [3.8, 4) is 11.3 Å². The van der Waals surface area contributed by atoms with Crippen molar-refractivity contribution < 1.29 is 13.6 Å². The van der Waals surface area contributed by atoms with Gasteiger partial charge in [-0.05, 0) is 54.5 Å². The lowest BCUT2D eigenvalue weighted by Gasteiger charge is -2.06. The van der Waals surface area contributed by atoms with Crippen molar-refractivity contribution in [2.45, 2.75) is 12.8 Å². The molecule has 4 rings (SSSR count). The van der Waals surface area contributed by atoms with E-state index in [1.165, 1.54) is 30.9 Å². The zero-order chi connectivity index (χ0) is 21.5. The van der Waals surface area contributed by atoms with Crippen molar-refractivity contribution in [1.29, 1.82) is 0 Å². The first-order valence-electron chi connectivity index (χ1n) is 9.56. The van der Waals surface area contributed by atoms with Gasteiger partial charge in [0, 0.05) is 35.5 Å². The van der Waals surface area contributed by atoms with Gasteiger partial charge in [-0.2, -0.15) is 0 Å². The van der Waals surface area contributed by atoms with Gasteiger partial charge >= 0.3 is 0 Å². The molecule has 0 aliphatic heterocycles. The Kier molecular flexibility index (Phi) is 6.18. The molecule has 0 aliphatic carbocycles. The molecule has 154 valence electrons. The maximum absolute atomic E-state index is 13.2. The Labute approximate surface area is 177 Å². The fourth-order valence-electron chi connectivity index (χ4n) is 2.97. The van der Waals surface area contributed by atoms with Gasteiger partial charge in [0.05, 0.1) is 5.69 Å². The van der Waals surface area contributed by atoms with Crippen molar-refractivity contribution in [2.24, 2.45) is 0 Å². The fourth-order valence-corrected chi connectivity index (χ4v) is 2.97. The molecule has 1 N–H and O–H groups in total. The lowest BCUT2D eigenvalue weighted by atomic mass is 10.1. The molecular weight excluding hydrogens is 397 g/mol. The average Bonchev–Trinajstić information content (AvgIpc) is 3.32. The summed E-state index contributed by atoms with van der Waals surface area (Å²) in [5.74, 6) is -0.0186. The van der Waals surface area contributed by atoms with Crippen LogP contribution < -0.4 is 5.32 Å². The molecule has 0 fully saturated rings. The molecule has 2 heterocycles. The molecule has 7 nitrogen and oxygen atoms in total. The van der Waals surface area contributed by atoms with E-state index >= 15 is 0 Å². The molecule has 0 saturated carbocycles. The van der Waals surface area contributed by atoms with Gasteiger partial charge in [0.1, 0.15) is 12.1 Å². The molecule has 31 heavy (non-hydrogen) atoms. The third-order valence-corrected chi connectivity index (χ3v) is 4.53. The summed E-state index contributed by atoms with van der Waals surface area (Å²) in [7, 11) is 0. The fraction of sp³-hybridized carbons (Fsp3) is 0.0870. The van der Waals surface area contributed by atoms with Gasteiger partial charge < -0.3 is 9.73 Å². The van der Waals surface area contributed by atoms with E-state index in [1.807, 2.05) is 24.3 Å². The zero-order valence-corrected chi connectivity index (χ0v) is 16.4. The molecule has 0 unspecified atom stereocenters. The Morgan fingerprint density at radius 3 is 2.61 bits per heavy atom. The normalized spacial score (nSPS) is 11.0. The van der Waals surface area contributed by atoms with Crippen LogP contribution in [-0.2, 0) is 17.6 Å². The highest BCUT2D eigenvalue weighted by molar-refractivity contribution is 6.02. The Hall–Kier alpha value is -4.20. The highest BCUT2D eigenvalue weighted by atomic mass is 19.1. The number of amides is 1.